The molecule has 7 heteroatoms. The Bertz CT molecular complexity index is 534. The number of aliphatic hydroxyl groups excluding tert-OH is 1. The van der Waals surface area contributed by atoms with Crippen LogP contribution in [0.1, 0.15) is 31.1 Å². The van der Waals surface area contributed by atoms with Crippen molar-refractivity contribution >= 4 is 5.91 Å². The summed E-state index contributed by atoms with van der Waals surface area (Å²) in [6.45, 7) is 10.6. The van der Waals surface area contributed by atoms with Crippen LogP contribution in [0.3, 0.4) is 0 Å². The minimum atomic E-state index is -0.186. The van der Waals surface area contributed by atoms with E-state index in [-0.39, 0.29) is 18.1 Å². The van der Waals surface area contributed by atoms with E-state index >= 15 is 0 Å². The van der Waals surface area contributed by atoms with Gasteiger partial charge in [-0.05, 0) is 26.8 Å². The molecular weight excluding hydrogens is 322 g/mol. The van der Waals surface area contributed by atoms with Crippen molar-refractivity contribution in [3.63, 3.8) is 0 Å². The quantitative estimate of drug-likeness (QED) is 0.740. The SMILES string of the molecule is CC(C)(C)OCCOc1ccc(C(=O)N2CCN(CCO)CC2)cn1. The first-order valence-electron chi connectivity index (χ1n) is 8.74. The third kappa shape index (κ3) is 6.61. The van der Waals surface area contributed by atoms with Crippen molar-refractivity contribution in [1.29, 1.82) is 0 Å². The molecule has 1 saturated heterocycles. The van der Waals surface area contributed by atoms with Crippen LogP contribution < -0.4 is 4.74 Å². The van der Waals surface area contributed by atoms with E-state index in [2.05, 4.69) is 9.88 Å². The topological polar surface area (TPSA) is 75.1 Å². The summed E-state index contributed by atoms with van der Waals surface area (Å²) in [4.78, 5) is 20.7. The summed E-state index contributed by atoms with van der Waals surface area (Å²) >= 11 is 0. The van der Waals surface area contributed by atoms with Crippen molar-refractivity contribution in [2.75, 3.05) is 52.5 Å². The van der Waals surface area contributed by atoms with Crippen molar-refractivity contribution in [2.24, 2.45) is 0 Å². The van der Waals surface area contributed by atoms with Crippen molar-refractivity contribution in [3.8, 4) is 5.88 Å². The summed E-state index contributed by atoms with van der Waals surface area (Å²) in [6.07, 6.45) is 1.56. The molecule has 0 atom stereocenters. The Morgan fingerprint density at radius 1 is 1.20 bits per heavy atom. The number of piperazine rings is 1. The Kier molecular flexibility index (Phi) is 7.16. The first kappa shape index (κ1) is 19.6. The number of hydrogen-bond donors (Lipinski definition) is 1. The molecule has 1 N–H and O–H groups in total. The summed E-state index contributed by atoms with van der Waals surface area (Å²) in [5.41, 5.74) is 0.378. The van der Waals surface area contributed by atoms with E-state index < -0.39 is 0 Å². The van der Waals surface area contributed by atoms with Crippen LogP contribution in [-0.4, -0.2) is 83.9 Å². The minimum absolute atomic E-state index is 0.0150. The van der Waals surface area contributed by atoms with Gasteiger partial charge in [-0.1, -0.05) is 0 Å². The summed E-state index contributed by atoms with van der Waals surface area (Å²) in [7, 11) is 0. The van der Waals surface area contributed by atoms with Crippen molar-refractivity contribution in [3.05, 3.63) is 23.9 Å². The van der Waals surface area contributed by atoms with Gasteiger partial charge in [0, 0.05) is 45.0 Å². The van der Waals surface area contributed by atoms with Gasteiger partial charge < -0.3 is 19.5 Å². The second-order valence-electron chi connectivity index (χ2n) is 7.05. The fourth-order valence-electron chi connectivity index (χ4n) is 2.58. The lowest BCUT2D eigenvalue weighted by atomic mass is 10.2. The molecule has 1 amide bonds. The summed E-state index contributed by atoms with van der Waals surface area (Å²) in [6, 6.07) is 3.46. The molecule has 1 fully saturated rings. The lowest BCUT2D eigenvalue weighted by molar-refractivity contribution is -0.0168. The predicted octanol–water partition coefficient (Wildman–Crippen LogP) is 1.03. The van der Waals surface area contributed by atoms with Crippen molar-refractivity contribution in [1.82, 2.24) is 14.8 Å². The van der Waals surface area contributed by atoms with E-state index in [9.17, 15) is 4.79 Å². The summed E-state index contributed by atoms with van der Waals surface area (Å²) in [5, 5.41) is 8.96. The van der Waals surface area contributed by atoms with Crippen LogP contribution in [0.5, 0.6) is 5.88 Å². The number of hydrogen-bond acceptors (Lipinski definition) is 6. The van der Waals surface area contributed by atoms with Crippen LogP contribution in [0, 0.1) is 0 Å². The zero-order chi connectivity index (χ0) is 18.3. The van der Waals surface area contributed by atoms with Gasteiger partial charge in [-0.2, -0.15) is 0 Å². The molecule has 0 aromatic carbocycles. The highest BCUT2D eigenvalue weighted by atomic mass is 16.5. The molecular formula is C18H29N3O4. The monoisotopic (exact) mass is 351 g/mol. The Morgan fingerprint density at radius 3 is 2.48 bits per heavy atom. The normalized spacial score (nSPS) is 16.1. The van der Waals surface area contributed by atoms with Gasteiger partial charge in [-0.25, -0.2) is 4.98 Å². The molecule has 1 aliphatic heterocycles. The van der Waals surface area contributed by atoms with E-state index in [1.54, 1.807) is 18.3 Å². The number of ether oxygens (including phenoxy) is 2. The third-order valence-corrected chi connectivity index (χ3v) is 3.93. The van der Waals surface area contributed by atoms with Gasteiger partial charge in [0.1, 0.15) is 6.61 Å². The molecule has 0 aliphatic carbocycles. The molecule has 1 aromatic heterocycles. The van der Waals surface area contributed by atoms with Crippen LogP contribution in [0.4, 0.5) is 0 Å². The minimum Gasteiger partial charge on any atom is -0.475 e. The molecule has 140 valence electrons. The molecule has 25 heavy (non-hydrogen) atoms. The second kappa shape index (κ2) is 9.12. The van der Waals surface area contributed by atoms with Gasteiger partial charge in [0.25, 0.3) is 5.91 Å². The Balaban J connectivity index is 1.78. The van der Waals surface area contributed by atoms with Gasteiger partial charge >= 0.3 is 0 Å². The molecule has 0 radical (unpaired) electrons. The number of carbonyl (C=O) groups excluding carboxylic acids is 1. The highest BCUT2D eigenvalue weighted by Gasteiger charge is 2.22. The van der Waals surface area contributed by atoms with Crippen LogP contribution >= 0.6 is 0 Å². The van der Waals surface area contributed by atoms with Gasteiger partial charge in [0.15, 0.2) is 0 Å². The number of carbonyl (C=O) groups is 1. The fraction of sp³-hybridized carbons (Fsp3) is 0.667. The zero-order valence-electron chi connectivity index (χ0n) is 15.4. The number of rotatable bonds is 7. The smallest absolute Gasteiger partial charge is 0.255 e. The van der Waals surface area contributed by atoms with Gasteiger partial charge in [0.05, 0.1) is 24.4 Å². The Hall–Kier alpha value is -1.70. The lowest BCUT2D eigenvalue weighted by Gasteiger charge is -2.34. The maximum absolute atomic E-state index is 12.5. The number of aromatic nitrogens is 1. The van der Waals surface area contributed by atoms with Gasteiger partial charge in [-0.15, -0.1) is 0 Å². The molecule has 0 unspecified atom stereocenters. The van der Waals surface area contributed by atoms with Gasteiger partial charge in [-0.3, -0.25) is 9.69 Å². The molecule has 1 aromatic rings. The van der Waals surface area contributed by atoms with E-state index in [1.165, 1.54) is 0 Å². The number of aliphatic hydroxyl groups is 1. The number of amides is 1. The number of β-amino-alcohol motifs (C(OH)–C–C–N with tert-alkyl or cyclic N) is 1. The summed E-state index contributed by atoms with van der Waals surface area (Å²) in [5.74, 6) is 0.473. The molecule has 2 rings (SSSR count). The first-order chi connectivity index (χ1) is 11.9. The maximum Gasteiger partial charge on any atom is 0.255 e. The van der Waals surface area contributed by atoms with Crippen molar-refractivity contribution in [2.45, 2.75) is 26.4 Å². The lowest BCUT2D eigenvalue weighted by Crippen LogP contribution is -2.49. The average molecular weight is 351 g/mol. The van der Waals surface area contributed by atoms with Crippen LogP contribution in [0.15, 0.2) is 18.3 Å². The predicted molar refractivity (Wildman–Crippen MR) is 94.9 cm³/mol. The van der Waals surface area contributed by atoms with E-state index in [0.29, 0.717) is 44.3 Å². The Labute approximate surface area is 149 Å². The van der Waals surface area contributed by atoms with Crippen molar-refractivity contribution < 1.29 is 19.4 Å². The molecule has 1 aliphatic rings. The highest BCUT2D eigenvalue weighted by Crippen LogP contribution is 2.12. The van der Waals surface area contributed by atoms with Crippen LogP contribution in [-0.2, 0) is 4.74 Å². The third-order valence-electron chi connectivity index (χ3n) is 3.93. The highest BCUT2D eigenvalue weighted by molar-refractivity contribution is 5.94. The summed E-state index contributed by atoms with van der Waals surface area (Å²) < 4.78 is 11.1. The zero-order valence-corrected chi connectivity index (χ0v) is 15.4. The number of nitrogens with zero attached hydrogens (tertiary/aromatic N) is 3. The first-order valence-corrected chi connectivity index (χ1v) is 8.74. The van der Waals surface area contributed by atoms with Crippen LogP contribution in [0.2, 0.25) is 0 Å². The van der Waals surface area contributed by atoms with E-state index in [4.69, 9.17) is 14.6 Å². The molecule has 0 bridgehead atoms. The van der Waals surface area contributed by atoms with E-state index in [1.807, 2.05) is 25.7 Å². The average Bonchev–Trinajstić information content (AvgIpc) is 2.59. The van der Waals surface area contributed by atoms with Gasteiger partial charge in [0.2, 0.25) is 5.88 Å². The molecule has 0 spiro atoms. The second-order valence-corrected chi connectivity index (χ2v) is 7.05. The molecule has 2 heterocycles. The number of pyridine rings is 1. The fourth-order valence-corrected chi connectivity index (χ4v) is 2.58. The molecule has 0 saturated carbocycles. The maximum atomic E-state index is 12.5. The van der Waals surface area contributed by atoms with Crippen LogP contribution in [0.25, 0.3) is 0 Å². The largest absolute Gasteiger partial charge is 0.475 e. The standard InChI is InChI=1S/C18H29N3O4/c1-18(2,3)25-13-12-24-16-5-4-15(14-19-16)17(23)21-8-6-20(7-9-21)10-11-22/h4-5,14,22H,6-13H2,1-3H3. The molecule has 7 nitrogen and oxygen atoms in total. The Morgan fingerprint density at radius 2 is 1.92 bits per heavy atom. The van der Waals surface area contributed by atoms with E-state index in [0.717, 1.165) is 13.1 Å².